The molecule has 160 valence electrons. The molecule has 0 amide bonds. The van der Waals surface area contributed by atoms with Gasteiger partial charge in [0.2, 0.25) is 0 Å². The van der Waals surface area contributed by atoms with E-state index in [1.54, 1.807) is 0 Å². The standard InChI is InChI=1S/C25H22ClN5O/c1-18-27-28-25-30(16-7-17-32-21-8-3-2-4-9-21)29-24(19-12-14-20(26)15-13-19)22-10-5-6-11-23(22)31(18)25/h2-6,8-15H,7,16-17H2,1H3. The lowest BCUT2D eigenvalue weighted by molar-refractivity contribution is 0.311. The molecule has 32 heavy (non-hydrogen) atoms. The second kappa shape index (κ2) is 8.85. The number of para-hydroxylation sites is 2. The lowest BCUT2D eigenvalue weighted by Crippen LogP contribution is -2.23. The Morgan fingerprint density at radius 1 is 0.875 bits per heavy atom. The first-order chi connectivity index (χ1) is 15.7. The molecule has 0 radical (unpaired) electrons. The Morgan fingerprint density at radius 3 is 2.44 bits per heavy atom. The van der Waals surface area contributed by atoms with E-state index in [4.69, 9.17) is 21.4 Å². The highest BCUT2D eigenvalue weighted by atomic mass is 35.5. The molecule has 0 aliphatic carbocycles. The summed E-state index contributed by atoms with van der Waals surface area (Å²) in [7, 11) is 0. The van der Waals surface area contributed by atoms with Crippen molar-refractivity contribution in [2.24, 2.45) is 5.10 Å². The first-order valence-electron chi connectivity index (χ1n) is 10.5. The van der Waals surface area contributed by atoms with E-state index in [-0.39, 0.29) is 0 Å². The van der Waals surface area contributed by atoms with Crippen LogP contribution in [0.2, 0.25) is 5.02 Å². The summed E-state index contributed by atoms with van der Waals surface area (Å²) in [4.78, 5) is 0. The first kappa shape index (κ1) is 20.3. The fourth-order valence-corrected chi connectivity index (χ4v) is 3.91. The van der Waals surface area contributed by atoms with Gasteiger partial charge in [-0.3, -0.25) is 4.57 Å². The molecule has 0 N–H and O–H groups in total. The molecule has 0 saturated heterocycles. The molecule has 0 atom stereocenters. The van der Waals surface area contributed by atoms with Gasteiger partial charge in [0.1, 0.15) is 17.3 Å². The summed E-state index contributed by atoms with van der Waals surface area (Å²) in [6, 6.07) is 25.8. The van der Waals surface area contributed by atoms with Crippen LogP contribution in [0.1, 0.15) is 23.4 Å². The third-order valence-corrected chi connectivity index (χ3v) is 5.56. The monoisotopic (exact) mass is 443 g/mol. The van der Waals surface area contributed by atoms with Crippen LogP contribution in [-0.4, -0.2) is 33.6 Å². The molecule has 3 aromatic carbocycles. The molecule has 0 bridgehead atoms. The number of benzene rings is 3. The van der Waals surface area contributed by atoms with Crippen LogP contribution < -0.4 is 9.75 Å². The Morgan fingerprint density at radius 2 is 1.62 bits per heavy atom. The Hall–Kier alpha value is -3.64. The molecular weight excluding hydrogens is 422 g/mol. The molecule has 6 nitrogen and oxygen atoms in total. The van der Waals surface area contributed by atoms with Crippen LogP contribution >= 0.6 is 11.6 Å². The van der Waals surface area contributed by atoms with E-state index in [1.165, 1.54) is 0 Å². The van der Waals surface area contributed by atoms with E-state index in [2.05, 4.69) is 26.9 Å². The summed E-state index contributed by atoms with van der Waals surface area (Å²) in [6.45, 7) is 3.17. The van der Waals surface area contributed by atoms with Gasteiger partial charge in [-0.2, -0.15) is 5.10 Å². The van der Waals surface area contributed by atoms with Crippen LogP contribution in [0.3, 0.4) is 0 Å². The molecule has 4 aromatic rings. The van der Waals surface area contributed by atoms with Crippen LogP contribution in [0.25, 0.3) is 5.69 Å². The molecule has 2 heterocycles. The lowest BCUT2D eigenvalue weighted by atomic mass is 10.0. The third-order valence-electron chi connectivity index (χ3n) is 5.30. The molecule has 5 rings (SSSR count). The normalized spacial score (nSPS) is 12.6. The third kappa shape index (κ3) is 3.97. The minimum atomic E-state index is 0.576. The largest absolute Gasteiger partial charge is 0.494 e. The van der Waals surface area contributed by atoms with E-state index in [0.717, 1.165) is 40.5 Å². The van der Waals surface area contributed by atoms with Gasteiger partial charge in [-0.1, -0.05) is 60.1 Å². The molecule has 0 fully saturated rings. The number of ether oxygens (including phenoxy) is 1. The van der Waals surface area contributed by atoms with E-state index >= 15 is 0 Å². The molecule has 1 aromatic heterocycles. The Bertz CT molecular complexity index is 1250. The zero-order chi connectivity index (χ0) is 21.9. The fraction of sp³-hybridized carbons (Fsp3) is 0.160. The zero-order valence-corrected chi connectivity index (χ0v) is 18.4. The van der Waals surface area contributed by atoms with Crippen molar-refractivity contribution in [3.05, 3.63) is 101 Å². The van der Waals surface area contributed by atoms with E-state index in [1.807, 2.05) is 78.7 Å². The van der Waals surface area contributed by atoms with Crippen LogP contribution in [-0.2, 0) is 0 Å². The average molecular weight is 444 g/mol. The van der Waals surface area contributed by atoms with E-state index < -0.39 is 0 Å². The molecule has 0 saturated carbocycles. The number of hydrogen-bond donors (Lipinski definition) is 0. The molecule has 7 heteroatoms. The van der Waals surface area contributed by atoms with Gasteiger partial charge in [-0.05, 0) is 37.3 Å². The van der Waals surface area contributed by atoms with Crippen LogP contribution in [0, 0.1) is 6.92 Å². The highest BCUT2D eigenvalue weighted by molar-refractivity contribution is 6.30. The molecular formula is C25H22ClN5O. The summed E-state index contributed by atoms with van der Waals surface area (Å²) >= 11 is 6.14. The van der Waals surface area contributed by atoms with Crippen molar-refractivity contribution in [1.29, 1.82) is 0 Å². The number of hydrazone groups is 1. The number of halogens is 1. The molecule has 0 unspecified atom stereocenters. The topological polar surface area (TPSA) is 55.5 Å². The minimum absolute atomic E-state index is 0.576. The number of aryl methyl sites for hydroxylation is 1. The zero-order valence-electron chi connectivity index (χ0n) is 17.6. The smallest absolute Gasteiger partial charge is 0.252 e. The number of fused-ring (bicyclic) bond motifs is 3. The minimum Gasteiger partial charge on any atom is -0.494 e. The summed E-state index contributed by atoms with van der Waals surface area (Å²) in [5, 5.41) is 16.4. The number of nitrogens with zero attached hydrogens (tertiary/aromatic N) is 5. The predicted molar refractivity (Wildman–Crippen MR) is 127 cm³/mol. The second-order valence-electron chi connectivity index (χ2n) is 7.49. The van der Waals surface area contributed by atoms with Gasteiger partial charge >= 0.3 is 0 Å². The van der Waals surface area contributed by atoms with Gasteiger partial charge in [0.25, 0.3) is 5.95 Å². The van der Waals surface area contributed by atoms with E-state index in [9.17, 15) is 0 Å². The second-order valence-corrected chi connectivity index (χ2v) is 7.93. The SMILES string of the molecule is Cc1nnc2n1-c1ccccc1C(c1ccc(Cl)cc1)=NN2CCCOc1ccccc1. The van der Waals surface area contributed by atoms with Crippen LogP contribution in [0.4, 0.5) is 5.95 Å². The van der Waals surface area contributed by atoms with Crippen molar-refractivity contribution < 1.29 is 4.74 Å². The van der Waals surface area contributed by atoms with Crippen molar-refractivity contribution in [1.82, 2.24) is 14.8 Å². The van der Waals surface area contributed by atoms with Gasteiger partial charge < -0.3 is 4.74 Å². The lowest BCUT2D eigenvalue weighted by Gasteiger charge is -2.18. The maximum absolute atomic E-state index is 6.14. The number of hydrogen-bond acceptors (Lipinski definition) is 5. The summed E-state index contributed by atoms with van der Waals surface area (Å²) in [5.41, 5.74) is 3.87. The summed E-state index contributed by atoms with van der Waals surface area (Å²) in [5.74, 6) is 2.37. The first-order valence-corrected chi connectivity index (χ1v) is 10.9. The van der Waals surface area contributed by atoms with Crippen LogP contribution in [0.15, 0.2) is 84.0 Å². The average Bonchev–Trinajstić information content (AvgIpc) is 3.14. The Kier molecular flexibility index (Phi) is 5.60. The molecule has 0 spiro atoms. The van der Waals surface area contributed by atoms with Gasteiger partial charge in [-0.15, -0.1) is 10.2 Å². The van der Waals surface area contributed by atoms with Crippen LogP contribution in [0.5, 0.6) is 5.75 Å². The van der Waals surface area contributed by atoms with Gasteiger partial charge in [0, 0.05) is 29.1 Å². The predicted octanol–water partition coefficient (Wildman–Crippen LogP) is 5.27. The number of aromatic nitrogens is 3. The Labute approximate surface area is 191 Å². The Balaban J connectivity index is 1.50. The fourth-order valence-electron chi connectivity index (χ4n) is 3.78. The maximum Gasteiger partial charge on any atom is 0.252 e. The molecule has 1 aliphatic heterocycles. The number of rotatable bonds is 6. The maximum atomic E-state index is 6.14. The van der Waals surface area contributed by atoms with Crippen molar-refractivity contribution in [3.8, 4) is 11.4 Å². The van der Waals surface area contributed by atoms with Crippen molar-refractivity contribution in [3.63, 3.8) is 0 Å². The highest BCUT2D eigenvalue weighted by Gasteiger charge is 2.26. The van der Waals surface area contributed by atoms with E-state index in [0.29, 0.717) is 24.1 Å². The van der Waals surface area contributed by atoms with Gasteiger partial charge in [-0.25, -0.2) is 5.01 Å². The number of anilines is 1. The highest BCUT2D eigenvalue weighted by Crippen LogP contribution is 2.30. The summed E-state index contributed by atoms with van der Waals surface area (Å²) in [6.07, 6.45) is 0.772. The van der Waals surface area contributed by atoms with Crippen molar-refractivity contribution in [2.75, 3.05) is 18.2 Å². The molecule has 1 aliphatic rings. The van der Waals surface area contributed by atoms with Crippen molar-refractivity contribution >= 4 is 23.3 Å². The quantitative estimate of drug-likeness (QED) is 0.381. The van der Waals surface area contributed by atoms with Crippen molar-refractivity contribution in [2.45, 2.75) is 13.3 Å². The summed E-state index contributed by atoms with van der Waals surface area (Å²) < 4.78 is 7.93. The van der Waals surface area contributed by atoms with Gasteiger partial charge in [0.15, 0.2) is 0 Å². The van der Waals surface area contributed by atoms with Gasteiger partial charge in [0.05, 0.1) is 12.3 Å².